The third kappa shape index (κ3) is 4.82. The number of amides is 1. The Bertz CT molecular complexity index is 760. The highest BCUT2D eigenvalue weighted by Gasteiger charge is 2.24. The number of ether oxygens (including phenoxy) is 1. The summed E-state index contributed by atoms with van der Waals surface area (Å²) >= 11 is 0. The van der Waals surface area contributed by atoms with Crippen molar-refractivity contribution in [2.75, 3.05) is 7.11 Å². The second-order valence-corrected chi connectivity index (χ2v) is 5.32. The van der Waals surface area contributed by atoms with Gasteiger partial charge in [-0.3, -0.25) is 4.79 Å². The molecule has 7 heteroatoms. The van der Waals surface area contributed by atoms with Crippen molar-refractivity contribution >= 4 is 11.9 Å². The molecule has 0 fully saturated rings. The lowest BCUT2D eigenvalue weighted by molar-refractivity contribution is -0.145. The Morgan fingerprint density at radius 2 is 1.60 bits per heavy atom. The zero-order chi connectivity index (χ0) is 18.4. The number of carbonyl (C=O) groups excluding carboxylic acids is 2. The number of rotatable bonds is 6. The van der Waals surface area contributed by atoms with Crippen molar-refractivity contribution in [2.24, 2.45) is 0 Å². The summed E-state index contributed by atoms with van der Waals surface area (Å²) < 4.78 is 45.6. The maximum atomic E-state index is 13.7. The summed E-state index contributed by atoms with van der Waals surface area (Å²) in [5.41, 5.74) is -0.204. The minimum Gasteiger partial charge on any atom is -0.467 e. The van der Waals surface area contributed by atoms with Gasteiger partial charge < -0.3 is 10.1 Å². The molecular formula is C18H16F3NO3. The van der Waals surface area contributed by atoms with Crippen molar-refractivity contribution in [2.45, 2.75) is 18.9 Å². The molecule has 2 aromatic carbocycles. The fourth-order valence-electron chi connectivity index (χ4n) is 2.33. The van der Waals surface area contributed by atoms with Crippen LogP contribution in [0.2, 0.25) is 0 Å². The Kier molecular flexibility index (Phi) is 6.16. The van der Waals surface area contributed by atoms with E-state index in [2.05, 4.69) is 10.1 Å². The first kappa shape index (κ1) is 18.5. The molecule has 0 aromatic heterocycles. The van der Waals surface area contributed by atoms with Gasteiger partial charge in [-0.05, 0) is 23.8 Å². The van der Waals surface area contributed by atoms with Gasteiger partial charge in [0.1, 0.15) is 23.5 Å². The number of halogens is 3. The first-order valence-electron chi connectivity index (χ1n) is 7.46. The topological polar surface area (TPSA) is 55.4 Å². The van der Waals surface area contributed by atoms with Crippen LogP contribution in [0.1, 0.15) is 11.1 Å². The monoisotopic (exact) mass is 351 g/mol. The van der Waals surface area contributed by atoms with Gasteiger partial charge in [0.2, 0.25) is 5.91 Å². The highest BCUT2D eigenvalue weighted by Crippen LogP contribution is 2.14. The largest absolute Gasteiger partial charge is 0.467 e. The second-order valence-electron chi connectivity index (χ2n) is 5.32. The number of methoxy groups -OCH3 is 1. The number of hydrogen-bond acceptors (Lipinski definition) is 3. The van der Waals surface area contributed by atoms with E-state index in [0.29, 0.717) is 0 Å². The lowest BCUT2D eigenvalue weighted by Crippen LogP contribution is -2.44. The minimum absolute atomic E-state index is 0.148. The molecule has 1 N–H and O–H groups in total. The van der Waals surface area contributed by atoms with Crippen LogP contribution in [0.25, 0.3) is 0 Å². The zero-order valence-electron chi connectivity index (χ0n) is 13.4. The maximum absolute atomic E-state index is 13.7. The van der Waals surface area contributed by atoms with E-state index in [1.165, 1.54) is 24.3 Å². The normalized spacial score (nSPS) is 11.7. The van der Waals surface area contributed by atoms with Crippen LogP contribution in [0.15, 0.2) is 42.5 Å². The number of esters is 1. The van der Waals surface area contributed by atoms with Crippen LogP contribution in [-0.4, -0.2) is 25.0 Å². The third-order valence-corrected chi connectivity index (χ3v) is 3.60. The molecule has 2 rings (SSSR count). The maximum Gasteiger partial charge on any atom is 0.328 e. The van der Waals surface area contributed by atoms with Gasteiger partial charge in [-0.15, -0.1) is 0 Å². The summed E-state index contributed by atoms with van der Waals surface area (Å²) in [6.07, 6.45) is -0.742. The zero-order valence-corrected chi connectivity index (χ0v) is 13.4. The van der Waals surface area contributed by atoms with E-state index < -0.39 is 47.4 Å². The van der Waals surface area contributed by atoms with Crippen molar-refractivity contribution in [3.63, 3.8) is 0 Å². The third-order valence-electron chi connectivity index (χ3n) is 3.60. The van der Waals surface area contributed by atoms with Gasteiger partial charge >= 0.3 is 5.97 Å². The molecule has 0 unspecified atom stereocenters. The Hall–Kier alpha value is -2.83. The van der Waals surface area contributed by atoms with Gasteiger partial charge in [0.15, 0.2) is 0 Å². The number of nitrogens with one attached hydrogen (secondary N) is 1. The Labute approximate surface area is 142 Å². The quantitative estimate of drug-likeness (QED) is 0.814. The van der Waals surface area contributed by atoms with E-state index >= 15 is 0 Å². The molecule has 2 aromatic rings. The fraction of sp³-hybridized carbons (Fsp3) is 0.222. The van der Waals surface area contributed by atoms with Crippen LogP contribution in [0.3, 0.4) is 0 Å². The molecule has 0 saturated heterocycles. The molecule has 0 aliphatic heterocycles. The van der Waals surface area contributed by atoms with Crippen molar-refractivity contribution in [3.8, 4) is 0 Å². The average molecular weight is 351 g/mol. The Morgan fingerprint density at radius 3 is 2.20 bits per heavy atom. The summed E-state index contributed by atoms with van der Waals surface area (Å²) in [7, 11) is 1.12. The Balaban J connectivity index is 2.13. The smallest absolute Gasteiger partial charge is 0.328 e. The van der Waals surface area contributed by atoms with Gasteiger partial charge in [-0.2, -0.15) is 0 Å². The van der Waals surface area contributed by atoms with Crippen molar-refractivity contribution < 1.29 is 27.5 Å². The first-order chi connectivity index (χ1) is 11.9. The van der Waals surface area contributed by atoms with E-state index in [1.54, 1.807) is 6.07 Å². The van der Waals surface area contributed by atoms with Crippen LogP contribution in [0.4, 0.5) is 13.2 Å². The van der Waals surface area contributed by atoms with Gasteiger partial charge in [-0.1, -0.05) is 24.3 Å². The molecule has 25 heavy (non-hydrogen) atoms. The van der Waals surface area contributed by atoms with Crippen LogP contribution in [0, 0.1) is 17.5 Å². The van der Waals surface area contributed by atoms with Crippen molar-refractivity contribution in [1.29, 1.82) is 0 Å². The van der Waals surface area contributed by atoms with Crippen molar-refractivity contribution in [1.82, 2.24) is 5.32 Å². The molecule has 0 saturated carbocycles. The highest BCUT2D eigenvalue weighted by atomic mass is 19.1. The molecule has 0 heterocycles. The van der Waals surface area contributed by atoms with Crippen LogP contribution in [0.5, 0.6) is 0 Å². The molecule has 0 aliphatic carbocycles. The highest BCUT2D eigenvalue weighted by molar-refractivity contribution is 5.85. The molecular weight excluding hydrogens is 335 g/mol. The van der Waals surface area contributed by atoms with Crippen LogP contribution < -0.4 is 5.32 Å². The van der Waals surface area contributed by atoms with E-state index in [1.807, 2.05) is 0 Å². The van der Waals surface area contributed by atoms with E-state index in [4.69, 9.17) is 0 Å². The molecule has 0 bridgehead atoms. The second kappa shape index (κ2) is 8.32. The lowest BCUT2D eigenvalue weighted by Gasteiger charge is -2.17. The summed E-state index contributed by atoms with van der Waals surface area (Å²) in [5, 5.41) is 2.33. The number of benzene rings is 2. The van der Waals surface area contributed by atoms with Gasteiger partial charge in [0.05, 0.1) is 13.5 Å². The average Bonchev–Trinajstić information content (AvgIpc) is 2.59. The molecule has 132 valence electrons. The van der Waals surface area contributed by atoms with E-state index in [9.17, 15) is 22.8 Å². The summed E-state index contributed by atoms with van der Waals surface area (Å²) in [4.78, 5) is 23.9. The molecule has 0 aliphatic rings. The summed E-state index contributed by atoms with van der Waals surface area (Å²) in [6, 6.07) is 7.83. The molecule has 0 radical (unpaired) electrons. The predicted molar refractivity (Wildman–Crippen MR) is 84.1 cm³/mol. The first-order valence-corrected chi connectivity index (χ1v) is 7.46. The van der Waals surface area contributed by atoms with Gasteiger partial charge in [0, 0.05) is 12.0 Å². The fourth-order valence-corrected chi connectivity index (χ4v) is 2.33. The number of carbonyl (C=O) groups is 2. The SMILES string of the molecule is COC(=O)[C@H](Cc1ccccc1F)NC(=O)Cc1c(F)cccc1F. The van der Waals surface area contributed by atoms with Gasteiger partial charge in [0.25, 0.3) is 0 Å². The summed E-state index contributed by atoms with van der Waals surface area (Å²) in [6.45, 7) is 0. The van der Waals surface area contributed by atoms with Crippen LogP contribution in [-0.2, 0) is 27.2 Å². The molecule has 4 nitrogen and oxygen atoms in total. The van der Waals surface area contributed by atoms with Gasteiger partial charge in [-0.25, -0.2) is 18.0 Å². The standard InChI is InChI=1S/C18H16F3NO3/c1-25-18(24)16(9-11-5-2-3-6-13(11)19)22-17(23)10-12-14(20)7-4-8-15(12)21/h2-8,16H,9-10H2,1H3,(H,22,23)/t16-/m0/s1. The Morgan fingerprint density at radius 1 is 1.00 bits per heavy atom. The lowest BCUT2D eigenvalue weighted by atomic mass is 10.0. The van der Waals surface area contributed by atoms with E-state index in [0.717, 1.165) is 19.2 Å². The predicted octanol–water partition coefficient (Wildman–Crippen LogP) is 2.55. The minimum atomic E-state index is -1.18. The molecule has 0 spiro atoms. The molecule has 1 atom stereocenters. The molecule has 1 amide bonds. The van der Waals surface area contributed by atoms with Crippen LogP contribution >= 0.6 is 0 Å². The van der Waals surface area contributed by atoms with Crippen molar-refractivity contribution in [3.05, 3.63) is 71.0 Å². The summed E-state index contributed by atoms with van der Waals surface area (Å²) in [5.74, 6) is -3.83. The number of hydrogen-bond donors (Lipinski definition) is 1. The van der Waals surface area contributed by atoms with E-state index in [-0.39, 0.29) is 12.0 Å².